The van der Waals surface area contributed by atoms with Gasteiger partial charge in [-0.1, -0.05) is 6.08 Å². The number of hydrogen-bond donors (Lipinski definition) is 0. The van der Waals surface area contributed by atoms with Crippen LogP contribution in [0.1, 0.15) is 30.4 Å². The van der Waals surface area contributed by atoms with E-state index in [9.17, 15) is 4.79 Å². The third-order valence-corrected chi connectivity index (χ3v) is 4.93. The second kappa shape index (κ2) is 5.76. The molecule has 118 valence electrons. The van der Waals surface area contributed by atoms with Crippen LogP contribution in [0.2, 0.25) is 0 Å². The lowest BCUT2D eigenvalue weighted by atomic mass is 9.70. The SMILES string of the molecule is COc1cc2c(cc1OC)[C@]1(C=CC(=O)CC1)CCN(C)C2. The number of ether oxygens (including phenoxy) is 2. The van der Waals surface area contributed by atoms with E-state index in [-0.39, 0.29) is 11.2 Å². The number of benzene rings is 1. The van der Waals surface area contributed by atoms with Gasteiger partial charge in [0.2, 0.25) is 0 Å². The molecule has 0 saturated carbocycles. The first-order chi connectivity index (χ1) is 10.6. The lowest BCUT2D eigenvalue weighted by Crippen LogP contribution is -2.30. The summed E-state index contributed by atoms with van der Waals surface area (Å²) in [5.74, 6) is 1.75. The zero-order chi connectivity index (χ0) is 15.7. The molecule has 3 rings (SSSR count). The molecule has 1 atom stereocenters. The topological polar surface area (TPSA) is 38.8 Å². The van der Waals surface area contributed by atoms with Crippen molar-refractivity contribution in [2.45, 2.75) is 31.2 Å². The van der Waals surface area contributed by atoms with Crippen molar-refractivity contribution < 1.29 is 14.3 Å². The predicted molar refractivity (Wildman–Crippen MR) is 85.6 cm³/mol. The minimum Gasteiger partial charge on any atom is -0.493 e. The summed E-state index contributed by atoms with van der Waals surface area (Å²) in [5, 5.41) is 0. The van der Waals surface area contributed by atoms with E-state index in [0.29, 0.717) is 6.42 Å². The molecular formula is C18H23NO3. The van der Waals surface area contributed by atoms with Gasteiger partial charge in [-0.25, -0.2) is 0 Å². The minimum absolute atomic E-state index is 0.0619. The maximum absolute atomic E-state index is 11.6. The zero-order valence-corrected chi connectivity index (χ0v) is 13.5. The molecule has 2 aliphatic rings. The van der Waals surface area contributed by atoms with Gasteiger partial charge in [-0.05, 0) is 55.8 Å². The van der Waals surface area contributed by atoms with Crippen LogP contribution in [0.15, 0.2) is 24.3 Å². The average molecular weight is 301 g/mol. The van der Waals surface area contributed by atoms with Gasteiger partial charge in [-0.2, -0.15) is 0 Å². The second-order valence-corrected chi connectivity index (χ2v) is 6.31. The largest absolute Gasteiger partial charge is 0.493 e. The number of carbonyl (C=O) groups is 1. The van der Waals surface area contributed by atoms with E-state index in [4.69, 9.17) is 9.47 Å². The van der Waals surface area contributed by atoms with Gasteiger partial charge in [0.25, 0.3) is 0 Å². The van der Waals surface area contributed by atoms with Crippen LogP contribution in [0.5, 0.6) is 11.5 Å². The standard InChI is InChI=1S/C18H23NO3/c1-19-9-8-18(6-4-14(20)5-7-18)15-11-17(22-3)16(21-2)10-13(15)12-19/h4,6,10-11H,5,7-9,12H2,1-3H3/t18-/m0/s1. The number of hydrogen-bond acceptors (Lipinski definition) is 4. The Balaban J connectivity index is 2.17. The normalized spacial score (nSPS) is 25.0. The summed E-state index contributed by atoms with van der Waals surface area (Å²) in [6, 6.07) is 4.19. The van der Waals surface area contributed by atoms with E-state index < -0.39 is 0 Å². The maximum atomic E-state index is 11.6. The maximum Gasteiger partial charge on any atom is 0.161 e. The molecule has 1 aliphatic heterocycles. The summed E-state index contributed by atoms with van der Waals surface area (Å²) < 4.78 is 11.0. The monoisotopic (exact) mass is 301 g/mol. The third-order valence-electron chi connectivity index (χ3n) is 4.93. The van der Waals surface area contributed by atoms with Gasteiger partial charge >= 0.3 is 0 Å². The van der Waals surface area contributed by atoms with Gasteiger partial charge in [0, 0.05) is 18.4 Å². The molecule has 1 aliphatic carbocycles. The fourth-order valence-electron chi connectivity index (χ4n) is 3.61. The van der Waals surface area contributed by atoms with E-state index in [1.165, 1.54) is 11.1 Å². The number of methoxy groups -OCH3 is 2. The summed E-state index contributed by atoms with van der Waals surface area (Å²) in [6.45, 7) is 1.90. The molecule has 1 aromatic carbocycles. The highest BCUT2D eigenvalue weighted by Gasteiger charge is 2.37. The van der Waals surface area contributed by atoms with Gasteiger partial charge in [-0.3, -0.25) is 4.79 Å². The van der Waals surface area contributed by atoms with Crippen molar-refractivity contribution in [2.75, 3.05) is 27.8 Å². The molecule has 0 fully saturated rings. The van der Waals surface area contributed by atoms with E-state index >= 15 is 0 Å². The number of ketones is 1. The third kappa shape index (κ3) is 2.52. The Morgan fingerprint density at radius 1 is 1.14 bits per heavy atom. The van der Waals surface area contributed by atoms with Crippen LogP contribution in [-0.2, 0) is 16.8 Å². The Hall–Kier alpha value is -1.81. The van der Waals surface area contributed by atoms with Gasteiger partial charge < -0.3 is 14.4 Å². The molecule has 1 aromatic rings. The lowest BCUT2D eigenvalue weighted by molar-refractivity contribution is -0.115. The first-order valence-corrected chi connectivity index (χ1v) is 7.74. The van der Waals surface area contributed by atoms with Crippen molar-refractivity contribution in [1.29, 1.82) is 0 Å². The number of nitrogens with zero attached hydrogens (tertiary/aromatic N) is 1. The Kier molecular flexibility index (Phi) is 3.96. The van der Waals surface area contributed by atoms with Crippen molar-refractivity contribution >= 4 is 5.78 Å². The molecule has 0 N–H and O–H groups in total. The van der Waals surface area contributed by atoms with E-state index in [1.807, 2.05) is 0 Å². The molecule has 4 heteroatoms. The Morgan fingerprint density at radius 3 is 2.50 bits per heavy atom. The van der Waals surface area contributed by atoms with E-state index in [1.54, 1.807) is 20.3 Å². The van der Waals surface area contributed by atoms with Crippen molar-refractivity contribution in [2.24, 2.45) is 0 Å². The Morgan fingerprint density at radius 2 is 1.86 bits per heavy atom. The highest BCUT2D eigenvalue weighted by Crippen LogP contribution is 2.45. The molecule has 1 spiro atoms. The zero-order valence-electron chi connectivity index (χ0n) is 13.5. The van der Waals surface area contributed by atoms with Crippen LogP contribution in [0, 0.1) is 0 Å². The summed E-state index contributed by atoms with van der Waals surface area (Å²) in [5.41, 5.74) is 2.47. The molecule has 0 aromatic heterocycles. The quantitative estimate of drug-likeness (QED) is 0.842. The number of allylic oxidation sites excluding steroid dienone is 2. The molecule has 0 bridgehead atoms. The Labute approximate surface area is 131 Å². The van der Waals surface area contributed by atoms with Crippen molar-refractivity contribution in [1.82, 2.24) is 4.90 Å². The number of fused-ring (bicyclic) bond motifs is 2. The highest BCUT2D eigenvalue weighted by atomic mass is 16.5. The van der Waals surface area contributed by atoms with Crippen LogP contribution < -0.4 is 9.47 Å². The van der Waals surface area contributed by atoms with Crippen molar-refractivity contribution in [3.05, 3.63) is 35.4 Å². The molecule has 4 nitrogen and oxygen atoms in total. The molecule has 0 amide bonds. The molecule has 22 heavy (non-hydrogen) atoms. The minimum atomic E-state index is -0.0619. The van der Waals surface area contributed by atoms with Gasteiger partial charge in [0.15, 0.2) is 17.3 Å². The van der Waals surface area contributed by atoms with Crippen LogP contribution in [0.4, 0.5) is 0 Å². The summed E-state index contributed by atoms with van der Waals surface area (Å²) in [4.78, 5) is 14.0. The van der Waals surface area contributed by atoms with Crippen molar-refractivity contribution in [3.63, 3.8) is 0 Å². The van der Waals surface area contributed by atoms with Crippen LogP contribution >= 0.6 is 0 Å². The van der Waals surface area contributed by atoms with Gasteiger partial charge in [-0.15, -0.1) is 0 Å². The first-order valence-electron chi connectivity index (χ1n) is 7.74. The smallest absolute Gasteiger partial charge is 0.161 e. The molecular weight excluding hydrogens is 278 g/mol. The van der Waals surface area contributed by atoms with Gasteiger partial charge in [0.1, 0.15) is 0 Å². The summed E-state index contributed by atoms with van der Waals surface area (Å²) in [7, 11) is 5.47. The lowest BCUT2D eigenvalue weighted by Gasteiger charge is -2.34. The molecule has 1 heterocycles. The van der Waals surface area contributed by atoms with Crippen LogP contribution in [0.3, 0.4) is 0 Å². The highest BCUT2D eigenvalue weighted by molar-refractivity contribution is 5.91. The average Bonchev–Trinajstić information content (AvgIpc) is 2.66. The number of carbonyl (C=O) groups excluding carboxylic acids is 1. The van der Waals surface area contributed by atoms with E-state index in [2.05, 4.69) is 30.2 Å². The van der Waals surface area contributed by atoms with E-state index in [0.717, 1.165) is 37.4 Å². The fourth-order valence-corrected chi connectivity index (χ4v) is 3.61. The van der Waals surface area contributed by atoms with Gasteiger partial charge in [0.05, 0.1) is 14.2 Å². The number of rotatable bonds is 2. The van der Waals surface area contributed by atoms with Crippen LogP contribution in [0.25, 0.3) is 0 Å². The van der Waals surface area contributed by atoms with Crippen LogP contribution in [-0.4, -0.2) is 38.5 Å². The summed E-state index contributed by atoms with van der Waals surface area (Å²) >= 11 is 0. The molecule has 0 unspecified atom stereocenters. The molecule has 0 saturated heterocycles. The second-order valence-electron chi connectivity index (χ2n) is 6.31. The summed E-state index contributed by atoms with van der Waals surface area (Å²) in [6.07, 6.45) is 6.39. The fraction of sp³-hybridized carbons (Fsp3) is 0.500. The predicted octanol–water partition coefficient (Wildman–Crippen LogP) is 2.70. The first kappa shape index (κ1) is 15.1. The Bertz CT molecular complexity index is 623. The van der Waals surface area contributed by atoms with Crippen molar-refractivity contribution in [3.8, 4) is 11.5 Å². The molecule has 0 radical (unpaired) electrons.